The fourth-order valence-corrected chi connectivity index (χ4v) is 2.05. The Hall–Kier alpha value is -1.88. The zero-order valence-corrected chi connectivity index (χ0v) is 12.7. The summed E-state index contributed by atoms with van der Waals surface area (Å²) in [5.74, 6) is 1.14. The van der Waals surface area contributed by atoms with Crippen LogP contribution in [-0.4, -0.2) is 35.1 Å². The van der Waals surface area contributed by atoms with E-state index >= 15 is 0 Å². The van der Waals surface area contributed by atoms with Crippen molar-refractivity contribution in [2.45, 2.75) is 13.8 Å². The van der Waals surface area contributed by atoms with E-state index in [1.54, 1.807) is 0 Å². The molecular formula is C14H18ClN5. The zero-order valence-electron chi connectivity index (χ0n) is 11.9. The SMILES string of the molecule is CCN(CC)c1nc(Cl)nc(N(C)c2ccccc2)n1. The molecule has 0 fully saturated rings. The van der Waals surface area contributed by atoms with E-state index in [0.29, 0.717) is 11.9 Å². The Morgan fingerprint density at radius 3 is 2.15 bits per heavy atom. The van der Waals surface area contributed by atoms with Crippen molar-refractivity contribution < 1.29 is 0 Å². The molecule has 2 rings (SSSR count). The summed E-state index contributed by atoms with van der Waals surface area (Å²) in [5, 5.41) is 0.208. The van der Waals surface area contributed by atoms with Crippen molar-refractivity contribution >= 4 is 29.2 Å². The van der Waals surface area contributed by atoms with Crippen LogP contribution in [0.1, 0.15) is 13.8 Å². The van der Waals surface area contributed by atoms with Gasteiger partial charge < -0.3 is 9.80 Å². The van der Waals surface area contributed by atoms with Crippen molar-refractivity contribution in [3.8, 4) is 0 Å². The summed E-state index contributed by atoms with van der Waals surface area (Å²) in [6, 6.07) is 9.91. The lowest BCUT2D eigenvalue weighted by Crippen LogP contribution is -2.25. The molecule has 1 aromatic carbocycles. The van der Waals surface area contributed by atoms with Gasteiger partial charge in [0.1, 0.15) is 0 Å². The molecule has 0 N–H and O–H groups in total. The van der Waals surface area contributed by atoms with Crippen LogP contribution in [0.2, 0.25) is 5.28 Å². The lowest BCUT2D eigenvalue weighted by molar-refractivity contribution is 0.808. The van der Waals surface area contributed by atoms with Gasteiger partial charge in [-0.2, -0.15) is 15.0 Å². The van der Waals surface area contributed by atoms with Crippen LogP contribution in [0.5, 0.6) is 0 Å². The maximum Gasteiger partial charge on any atom is 0.235 e. The first-order valence-corrected chi connectivity index (χ1v) is 6.98. The average Bonchev–Trinajstić information content (AvgIpc) is 2.48. The largest absolute Gasteiger partial charge is 0.341 e. The van der Waals surface area contributed by atoms with E-state index in [-0.39, 0.29) is 5.28 Å². The monoisotopic (exact) mass is 291 g/mol. The van der Waals surface area contributed by atoms with Gasteiger partial charge in [-0.25, -0.2) is 0 Å². The molecule has 2 aromatic rings. The number of rotatable bonds is 5. The lowest BCUT2D eigenvalue weighted by Gasteiger charge is -2.22. The standard InChI is InChI=1S/C14H18ClN5/c1-4-20(5-2)14-17-12(15)16-13(18-14)19(3)11-9-7-6-8-10-11/h6-10H,4-5H2,1-3H3. The second-order valence-corrected chi connectivity index (χ2v) is 4.61. The van der Waals surface area contributed by atoms with E-state index in [1.165, 1.54) is 0 Å². The lowest BCUT2D eigenvalue weighted by atomic mass is 10.3. The molecule has 0 saturated carbocycles. The van der Waals surface area contributed by atoms with Gasteiger partial charge in [-0.3, -0.25) is 0 Å². The van der Waals surface area contributed by atoms with Crippen LogP contribution in [0.4, 0.5) is 17.6 Å². The Morgan fingerprint density at radius 1 is 0.950 bits per heavy atom. The summed E-state index contributed by atoms with van der Waals surface area (Å²) in [6.45, 7) is 5.76. The van der Waals surface area contributed by atoms with Gasteiger partial charge in [0.05, 0.1) is 0 Å². The normalized spacial score (nSPS) is 10.4. The molecule has 1 heterocycles. The molecule has 0 radical (unpaired) electrons. The highest BCUT2D eigenvalue weighted by molar-refractivity contribution is 6.28. The topological polar surface area (TPSA) is 45.2 Å². The highest BCUT2D eigenvalue weighted by Crippen LogP contribution is 2.22. The van der Waals surface area contributed by atoms with Crippen LogP contribution < -0.4 is 9.80 Å². The molecule has 1 aromatic heterocycles. The molecule has 0 bridgehead atoms. The molecule has 0 aliphatic heterocycles. The molecule has 106 valence electrons. The van der Waals surface area contributed by atoms with E-state index in [0.717, 1.165) is 18.8 Å². The summed E-state index contributed by atoms with van der Waals surface area (Å²) >= 11 is 6.02. The van der Waals surface area contributed by atoms with E-state index in [4.69, 9.17) is 11.6 Å². The van der Waals surface area contributed by atoms with Crippen LogP contribution in [-0.2, 0) is 0 Å². The van der Waals surface area contributed by atoms with Crippen molar-refractivity contribution in [1.82, 2.24) is 15.0 Å². The number of hydrogen-bond donors (Lipinski definition) is 0. The third-order valence-corrected chi connectivity index (χ3v) is 3.24. The van der Waals surface area contributed by atoms with Gasteiger partial charge in [-0.15, -0.1) is 0 Å². The van der Waals surface area contributed by atoms with E-state index in [9.17, 15) is 0 Å². The van der Waals surface area contributed by atoms with E-state index < -0.39 is 0 Å². The molecule has 0 saturated heterocycles. The van der Waals surface area contributed by atoms with Crippen molar-refractivity contribution in [2.24, 2.45) is 0 Å². The number of nitrogens with zero attached hydrogens (tertiary/aromatic N) is 5. The molecule has 0 atom stereocenters. The van der Waals surface area contributed by atoms with Gasteiger partial charge in [-0.05, 0) is 37.6 Å². The Balaban J connectivity index is 2.37. The Labute approximate surface area is 124 Å². The van der Waals surface area contributed by atoms with Crippen molar-refractivity contribution in [1.29, 1.82) is 0 Å². The number of para-hydroxylation sites is 1. The third kappa shape index (κ3) is 3.17. The van der Waals surface area contributed by atoms with Crippen molar-refractivity contribution in [2.75, 3.05) is 29.9 Å². The maximum atomic E-state index is 6.02. The Morgan fingerprint density at radius 2 is 1.55 bits per heavy atom. The van der Waals surface area contributed by atoms with Gasteiger partial charge in [0, 0.05) is 25.8 Å². The molecule has 0 aliphatic carbocycles. The average molecular weight is 292 g/mol. The number of benzene rings is 1. The molecule has 0 spiro atoms. The minimum Gasteiger partial charge on any atom is -0.341 e. The molecule has 0 aliphatic rings. The Kier molecular flexibility index (Phi) is 4.74. The fourth-order valence-electron chi connectivity index (χ4n) is 1.89. The molecule has 5 nitrogen and oxygen atoms in total. The molecule has 0 amide bonds. The maximum absolute atomic E-state index is 6.02. The predicted molar refractivity (Wildman–Crippen MR) is 82.9 cm³/mol. The molecule has 6 heteroatoms. The van der Waals surface area contributed by atoms with Crippen molar-refractivity contribution in [3.63, 3.8) is 0 Å². The summed E-state index contributed by atoms with van der Waals surface area (Å²) in [7, 11) is 1.91. The quantitative estimate of drug-likeness (QED) is 0.847. The second kappa shape index (κ2) is 6.52. The first-order chi connectivity index (χ1) is 9.65. The molecule has 20 heavy (non-hydrogen) atoms. The third-order valence-electron chi connectivity index (χ3n) is 3.07. The number of anilines is 3. The highest BCUT2D eigenvalue weighted by atomic mass is 35.5. The van der Waals surface area contributed by atoms with Crippen LogP contribution in [0, 0.1) is 0 Å². The van der Waals surface area contributed by atoms with E-state index in [2.05, 4.69) is 28.8 Å². The summed E-state index contributed by atoms with van der Waals surface area (Å²) in [6.07, 6.45) is 0. The van der Waals surface area contributed by atoms with Gasteiger partial charge in [0.25, 0.3) is 0 Å². The Bertz CT molecular complexity index is 557. The van der Waals surface area contributed by atoms with Crippen LogP contribution in [0.15, 0.2) is 30.3 Å². The molecule has 0 unspecified atom stereocenters. The smallest absolute Gasteiger partial charge is 0.235 e. The van der Waals surface area contributed by atoms with Crippen molar-refractivity contribution in [3.05, 3.63) is 35.6 Å². The predicted octanol–water partition coefficient (Wildman–Crippen LogP) is 3.14. The van der Waals surface area contributed by atoms with Crippen LogP contribution >= 0.6 is 11.6 Å². The summed E-state index contributed by atoms with van der Waals surface area (Å²) in [5.41, 5.74) is 1.00. The molecular weight excluding hydrogens is 274 g/mol. The first-order valence-electron chi connectivity index (χ1n) is 6.61. The van der Waals surface area contributed by atoms with Gasteiger partial charge in [0.2, 0.25) is 17.2 Å². The first kappa shape index (κ1) is 14.5. The second-order valence-electron chi connectivity index (χ2n) is 4.27. The van der Waals surface area contributed by atoms with Crippen LogP contribution in [0.25, 0.3) is 0 Å². The number of aromatic nitrogens is 3. The van der Waals surface area contributed by atoms with Crippen LogP contribution in [0.3, 0.4) is 0 Å². The highest BCUT2D eigenvalue weighted by Gasteiger charge is 2.13. The van der Waals surface area contributed by atoms with Gasteiger partial charge >= 0.3 is 0 Å². The minimum atomic E-state index is 0.208. The fraction of sp³-hybridized carbons (Fsp3) is 0.357. The summed E-state index contributed by atoms with van der Waals surface area (Å²) in [4.78, 5) is 16.8. The minimum absolute atomic E-state index is 0.208. The van der Waals surface area contributed by atoms with E-state index in [1.807, 2.05) is 47.2 Å². The number of hydrogen-bond acceptors (Lipinski definition) is 5. The van der Waals surface area contributed by atoms with Gasteiger partial charge in [-0.1, -0.05) is 18.2 Å². The zero-order chi connectivity index (χ0) is 14.5. The number of halogens is 1. The van der Waals surface area contributed by atoms with Gasteiger partial charge in [0.15, 0.2) is 0 Å². The summed E-state index contributed by atoms with van der Waals surface area (Å²) < 4.78 is 0.